The number of anilines is 1. The number of nitrogens with one attached hydrogen (secondary N) is 1. The smallest absolute Gasteiger partial charge is 0.260 e. The average Bonchev–Trinajstić information content (AvgIpc) is 2.91. The molecule has 0 aliphatic rings. The summed E-state index contributed by atoms with van der Waals surface area (Å²) in [7, 11) is 1.56. The van der Waals surface area contributed by atoms with Crippen molar-refractivity contribution in [1.29, 1.82) is 0 Å². The van der Waals surface area contributed by atoms with Crippen LogP contribution in [-0.4, -0.2) is 34.5 Å². The zero-order chi connectivity index (χ0) is 16.3. The van der Waals surface area contributed by atoms with Crippen molar-refractivity contribution in [1.82, 2.24) is 9.78 Å². The van der Waals surface area contributed by atoms with Crippen molar-refractivity contribution in [3.8, 4) is 5.75 Å². The Morgan fingerprint density at radius 2 is 2.23 bits per heavy atom. The molecule has 1 aromatic heterocycles. The van der Waals surface area contributed by atoms with Gasteiger partial charge in [-0.3, -0.25) is 9.48 Å². The van der Waals surface area contributed by atoms with Gasteiger partial charge in [0.05, 0.1) is 18.2 Å². The van der Waals surface area contributed by atoms with E-state index in [1.54, 1.807) is 18.0 Å². The van der Waals surface area contributed by atoms with Crippen LogP contribution >= 0.6 is 0 Å². The van der Waals surface area contributed by atoms with E-state index < -0.39 is 28.9 Å². The van der Waals surface area contributed by atoms with Crippen LogP contribution in [0.15, 0.2) is 24.4 Å². The van der Waals surface area contributed by atoms with E-state index in [9.17, 15) is 18.7 Å². The monoisotopic (exact) mass is 311 g/mol. The number of hydrogen-bond donors (Lipinski definition) is 2. The summed E-state index contributed by atoms with van der Waals surface area (Å²) in [4.78, 5) is 12.0. The molecule has 0 aliphatic heterocycles. The zero-order valence-electron chi connectivity index (χ0n) is 12.0. The quantitative estimate of drug-likeness (QED) is 0.888. The molecule has 118 valence electrons. The summed E-state index contributed by atoms with van der Waals surface area (Å²) in [6.07, 6.45) is 1.63. The molecule has 22 heavy (non-hydrogen) atoms. The molecule has 0 fully saturated rings. The van der Waals surface area contributed by atoms with E-state index in [0.29, 0.717) is 12.7 Å². The van der Waals surface area contributed by atoms with Crippen LogP contribution in [-0.2, 0) is 4.74 Å². The van der Waals surface area contributed by atoms with Gasteiger partial charge in [-0.1, -0.05) is 0 Å². The second-order valence-corrected chi connectivity index (χ2v) is 4.72. The van der Waals surface area contributed by atoms with Crippen molar-refractivity contribution in [2.24, 2.45) is 0 Å². The second kappa shape index (κ2) is 6.52. The van der Waals surface area contributed by atoms with E-state index in [0.717, 1.165) is 6.07 Å². The molecule has 1 heterocycles. The molecular weight excluding hydrogens is 296 g/mol. The minimum atomic E-state index is -1.20. The highest BCUT2D eigenvalue weighted by Crippen LogP contribution is 2.23. The maximum absolute atomic E-state index is 13.2. The van der Waals surface area contributed by atoms with Crippen molar-refractivity contribution < 1.29 is 23.4 Å². The van der Waals surface area contributed by atoms with Gasteiger partial charge in [0.25, 0.3) is 5.91 Å². The Morgan fingerprint density at radius 1 is 1.50 bits per heavy atom. The van der Waals surface area contributed by atoms with E-state index in [1.165, 1.54) is 6.07 Å². The molecular formula is C14H15F2N3O3. The Kier molecular flexibility index (Phi) is 4.71. The largest absolute Gasteiger partial charge is 0.504 e. The van der Waals surface area contributed by atoms with Crippen LogP contribution in [0.1, 0.15) is 23.3 Å². The predicted octanol–water partition coefficient (Wildman–Crippen LogP) is 2.33. The number of ether oxygens (including phenoxy) is 1. The third-order valence-electron chi connectivity index (χ3n) is 2.98. The highest BCUT2D eigenvalue weighted by Gasteiger charge is 2.18. The maximum Gasteiger partial charge on any atom is 0.260 e. The zero-order valence-corrected chi connectivity index (χ0v) is 12.0. The number of rotatable bonds is 5. The Morgan fingerprint density at radius 3 is 2.91 bits per heavy atom. The van der Waals surface area contributed by atoms with Gasteiger partial charge in [-0.2, -0.15) is 5.10 Å². The molecule has 0 saturated heterocycles. The molecule has 0 aliphatic carbocycles. The van der Waals surface area contributed by atoms with E-state index in [1.807, 2.05) is 6.92 Å². The van der Waals surface area contributed by atoms with Crippen LogP contribution in [0.5, 0.6) is 5.75 Å². The first-order valence-corrected chi connectivity index (χ1v) is 6.45. The lowest BCUT2D eigenvalue weighted by atomic mass is 10.1. The van der Waals surface area contributed by atoms with E-state index in [4.69, 9.17) is 4.74 Å². The van der Waals surface area contributed by atoms with Crippen LogP contribution in [0, 0.1) is 11.6 Å². The fraction of sp³-hybridized carbons (Fsp3) is 0.286. The van der Waals surface area contributed by atoms with Gasteiger partial charge >= 0.3 is 0 Å². The summed E-state index contributed by atoms with van der Waals surface area (Å²) >= 11 is 0. The molecule has 0 radical (unpaired) electrons. The summed E-state index contributed by atoms with van der Waals surface area (Å²) in [6.45, 7) is 2.31. The molecule has 0 spiro atoms. The lowest BCUT2D eigenvalue weighted by Crippen LogP contribution is -2.15. The van der Waals surface area contributed by atoms with Gasteiger partial charge in [0, 0.05) is 25.4 Å². The Hall–Kier alpha value is -2.48. The number of benzene rings is 1. The predicted molar refractivity (Wildman–Crippen MR) is 74.8 cm³/mol. The Balaban J connectivity index is 2.16. The van der Waals surface area contributed by atoms with Crippen molar-refractivity contribution in [2.75, 3.05) is 19.0 Å². The van der Waals surface area contributed by atoms with E-state index >= 15 is 0 Å². The van der Waals surface area contributed by atoms with Gasteiger partial charge in [0.1, 0.15) is 5.82 Å². The molecule has 6 nitrogen and oxygen atoms in total. The number of halogens is 2. The number of methoxy groups -OCH3 is 1. The highest BCUT2D eigenvalue weighted by atomic mass is 19.1. The van der Waals surface area contributed by atoms with Gasteiger partial charge in [-0.15, -0.1) is 0 Å². The van der Waals surface area contributed by atoms with Gasteiger partial charge in [-0.25, -0.2) is 8.78 Å². The van der Waals surface area contributed by atoms with Crippen molar-refractivity contribution in [3.63, 3.8) is 0 Å². The summed E-state index contributed by atoms with van der Waals surface area (Å²) in [6, 6.07) is 2.72. The molecule has 1 unspecified atom stereocenters. The number of amides is 1. The van der Waals surface area contributed by atoms with Gasteiger partial charge in [0.15, 0.2) is 17.4 Å². The Labute approximate surface area is 125 Å². The lowest BCUT2D eigenvalue weighted by molar-refractivity contribution is 0.102. The number of phenolic OH excluding ortho intramolecular Hbond substituents is 1. The van der Waals surface area contributed by atoms with Crippen LogP contribution in [0.4, 0.5) is 14.6 Å². The highest BCUT2D eigenvalue weighted by molar-refractivity contribution is 6.05. The molecule has 1 atom stereocenters. The number of carbonyl (C=O) groups excluding carboxylic acids is 1. The number of hydrogen-bond acceptors (Lipinski definition) is 4. The SMILES string of the molecule is COCC(C)n1ccc(NC(=O)c2cc(F)cc(F)c2O)n1. The van der Waals surface area contributed by atoms with Crippen LogP contribution in [0.2, 0.25) is 0 Å². The topological polar surface area (TPSA) is 76.4 Å². The number of aromatic nitrogens is 2. The maximum atomic E-state index is 13.2. The van der Waals surface area contributed by atoms with Crippen molar-refractivity contribution >= 4 is 11.7 Å². The van der Waals surface area contributed by atoms with Crippen LogP contribution in [0.3, 0.4) is 0 Å². The van der Waals surface area contributed by atoms with Gasteiger partial charge in [-0.05, 0) is 13.0 Å². The normalized spacial score (nSPS) is 12.2. The summed E-state index contributed by atoms with van der Waals surface area (Å²) < 4.78 is 32.9. The molecule has 2 rings (SSSR count). The van der Waals surface area contributed by atoms with Gasteiger partial charge in [0.2, 0.25) is 0 Å². The van der Waals surface area contributed by atoms with E-state index in [2.05, 4.69) is 10.4 Å². The third-order valence-corrected chi connectivity index (χ3v) is 2.98. The number of carbonyl (C=O) groups is 1. The molecule has 8 heteroatoms. The summed E-state index contributed by atoms with van der Waals surface area (Å²) in [5.74, 6) is -3.74. The first kappa shape index (κ1) is 15.9. The fourth-order valence-electron chi connectivity index (χ4n) is 1.89. The lowest BCUT2D eigenvalue weighted by Gasteiger charge is -2.10. The average molecular weight is 311 g/mol. The first-order chi connectivity index (χ1) is 10.4. The summed E-state index contributed by atoms with van der Waals surface area (Å²) in [5.41, 5.74) is -0.503. The number of aromatic hydroxyl groups is 1. The van der Waals surface area contributed by atoms with Crippen molar-refractivity contribution in [2.45, 2.75) is 13.0 Å². The standard InChI is InChI=1S/C14H15F2N3O3/c1-8(7-22-2)19-4-3-12(18-19)17-14(21)10-5-9(15)6-11(16)13(10)20/h3-6,8,20H,7H2,1-2H3,(H,17,18,21). The second-order valence-electron chi connectivity index (χ2n) is 4.72. The molecule has 2 N–H and O–H groups in total. The van der Waals surface area contributed by atoms with Crippen molar-refractivity contribution in [3.05, 3.63) is 41.6 Å². The van der Waals surface area contributed by atoms with E-state index in [-0.39, 0.29) is 11.9 Å². The Bertz CT molecular complexity index is 688. The van der Waals surface area contributed by atoms with Crippen LogP contribution < -0.4 is 5.32 Å². The summed E-state index contributed by atoms with van der Waals surface area (Å²) in [5, 5.41) is 16.0. The third kappa shape index (κ3) is 3.40. The molecule has 1 aromatic carbocycles. The van der Waals surface area contributed by atoms with Gasteiger partial charge < -0.3 is 15.2 Å². The molecule has 2 aromatic rings. The fourth-order valence-corrected chi connectivity index (χ4v) is 1.89. The molecule has 0 saturated carbocycles. The minimum absolute atomic E-state index is 0.0457. The number of nitrogens with zero attached hydrogens (tertiary/aromatic N) is 2. The first-order valence-electron chi connectivity index (χ1n) is 6.45. The molecule has 0 bridgehead atoms. The number of phenols is 1. The molecule has 1 amide bonds. The minimum Gasteiger partial charge on any atom is -0.504 e. The van der Waals surface area contributed by atoms with Crippen LogP contribution in [0.25, 0.3) is 0 Å².